The van der Waals surface area contributed by atoms with Crippen molar-refractivity contribution >= 4 is 11.9 Å². The van der Waals surface area contributed by atoms with Gasteiger partial charge in [-0.1, -0.05) is 6.07 Å². The summed E-state index contributed by atoms with van der Waals surface area (Å²) in [5, 5.41) is 9.18. The second kappa shape index (κ2) is 6.61. The summed E-state index contributed by atoms with van der Waals surface area (Å²) < 4.78 is 5.53. The summed E-state index contributed by atoms with van der Waals surface area (Å²) in [6.45, 7) is 4.30. The number of carbonyl (C=O) groups excluding carboxylic acids is 1. The molecule has 1 aromatic rings. The van der Waals surface area contributed by atoms with Crippen LogP contribution in [0.1, 0.15) is 30.4 Å². The van der Waals surface area contributed by atoms with Crippen molar-refractivity contribution in [2.75, 3.05) is 13.2 Å². The molecule has 0 aliphatic carbocycles. The maximum atomic E-state index is 12.2. The lowest BCUT2D eigenvalue weighted by atomic mass is 10.0. The number of carboxylic acid groups (broad SMARTS) is 1. The molecule has 1 aromatic carbocycles. The van der Waals surface area contributed by atoms with E-state index < -0.39 is 12.0 Å². The standard InChI is InChI=1S/C16H21NO4/c1-11-7-12(2)9-13(8-11)21-10-15(18)17-6-4-3-5-14(17)16(19)20/h7-9,14H,3-6,10H2,1-2H3,(H,19,20)/t14-/m1/s1. The molecule has 1 heterocycles. The molecule has 0 unspecified atom stereocenters. The summed E-state index contributed by atoms with van der Waals surface area (Å²) in [4.78, 5) is 24.8. The third-order valence-corrected chi connectivity index (χ3v) is 3.67. The highest BCUT2D eigenvalue weighted by molar-refractivity contribution is 5.84. The van der Waals surface area contributed by atoms with E-state index in [1.807, 2.05) is 32.0 Å². The van der Waals surface area contributed by atoms with Crippen molar-refractivity contribution < 1.29 is 19.4 Å². The number of carboxylic acids is 1. The molecule has 0 radical (unpaired) electrons. The van der Waals surface area contributed by atoms with Crippen LogP contribution in [-0.2, 0) is 9.59 Å². The summed E-state index contributed by atoms with van der Waals surface area (Å²) in [6, 6.07) is 5.05. The highest BCUT2D eigenvalue weighted by Crippen LogP contribution is 2.19. The molecule has 2 rings (SSSR count). The first kappa shape index (κ1) is 15.4. The molecule has 114 valence electrons. The summed E-state index contributed by atoms with van der Waals surface area (Å²) in [5.41, 5.74) is 2.14. The van der Waals surface area contributed by atoms with Crippen molar-refractivity contribution in [1.82, 2.24) is 4.90 Å². The Kier molecular flexibility index (Phi) is 4.83. The van der Waals surface area contributed by atoms with Crippen molar-refractivity contribution in [3.63, 3.8) is 0 Å². The van der Waals surface area contributed by atoms with Crippen LogP contribution in [0, 0.1) is 13.8 Å². The van der Waals surface area contributed by atoms with Gasteiger partial charge in [0.05, 0.1) is 0 Å². The van der Waals surface area contributed by atoms with Gasteiger partial charge in [0, 0.05) is 6.54 Å². The van der Waals surface area contributed by atoms with Crippen molar-refractivity contribution in [2.24, 2.45) is 0 Å². The third-order valence-electron chi connectivity index (χ3n) is 3.67. The van der Waals surface area contributed by atoms with Gasteiger partial charge in [-0.2, -0.15) is 0 Å². The lowest BCUT2D eigenvalue weighted by Crippen LogP contribution is -2.49. The number of piperidine rings is 1. The van der Waals surface area contributed by atoms with E-state index in [1.165, 1.54) is 4.90 Å². The molecule has 1 saturated heterocycles. The Balaban J connectivity index is 1.98. The van der Waals surface area contributed by atoms with E-state index in [0.717, 1.165) is 24.0 Å². The Morgan fingerprint density at radius 3 is 2.52 bits per heavy atom. The maximum Gasteiger partial charge on any atom is 0.326 e. The molecule has 5 heteroatoms. The number of hydrogen-bond donors (Lipinski definition) is 1. The van der Waals surface area contributed by atoms with Crippen LogP contribution in [-0.4, -0.2) is 41.1 Å². The van der Waals surface area contributed by atoms with E-state index in [9.17, 15) is 14.7 Å². The number of nitrogens with zero attached hydrogens (tertiary/aromatic N) is 1. The predicted molar refractivity (Wildman–Crippen MR) is 78.4 cm³/mol. The van der Waals surface area contributed by atoms with Crippen molar-refractivity contribution in [1.29, 1.82) is 0 Å². The van der Waals surface area contributed by atoms with E-state index in [2.05, 4.69) is 0 Å². The molecule has 1 aliphatic rings. The fraction of sp³-hybridized carbons (Fsp3) is 0.500. The fourth-order valence-corrected chi connectivity index (χ4v) is 2.73. The van der Waals surface area contributed by atoms with Gasteiger partial charge in [0.15, 0.2) is 6.61 Å². The van der Waals surface area contributed by atoms with Gasteiger partial charge in [-0.3, -0.25) is 4.79 Å². The normalized spacial score (nSPS) is 18.4. The molecule has 0 saturated carbocycles. The quantitative estimate of drug-likeness (QED) is 0.923. The van der Waals surface area contributed by atoms with E-state index in [0.29, 0.717) is 18.7 Å². The molecule has 0 spiro atoms. The lowest BCUT2D eigenvalue weighted by Gasteiger charge is -2.32. The highest BCUT2D eigenvalue weighted by atomic mass is 16.5. The van der Waals surface area contributed by atoms with E-state index in [4.69, 9.17) is 4.74 Å². The van der Waals surface area contributed by atoms with Gasteiger partial charge in [-0.05, 0) is 56.4 Å². The van der Waals surface area contributed by atoms with E-state index >= 15 is 0 Å². The first-order valence-corrected chi connectivity index (χ1v) is 7.21. The number of aliphatic carboxylic acids is 1. The number of likely N-dealkylation sites (tertiary alicyclic amines) is 1. The monoisotopic (exact) mass is 291 g/mol. The van der Waals surface area contributed by atoms with E-state index in [1.54, 1.807) is 0 Å². The van der Waals surface area contributed by atoms with Crippen molar-refractivity contribution in [2.45, 2.75) is 39.2 Å². The molecule has 1 atom stereocenters. The van der Waals surface area contributed by atoms with E-state index in [-0.39, 0.29) is 12.5 Å². The zero-order chi connectivity index (χ0) is 15.4. The molecule has 1 aliphatic heterocycles. The number of benzene rings is 1. The first-order valence-electron chi connectivity index (χ1n) is 7.21. The first-order chi connectivity index (χ1) is 9.97. The number of carbonyl (C=O) groups is 2. The van der Waals surface area contributed by atoms with Crippen LogP contribution >= 0.6 is 0 Å². The number of amides is 1. The molecule has 1 amide bonds. The molecule has 5 nitrogen and oxygen atoms in total. The van der Waals surface area contributed by atoms with Crippen molar-refractivity contribution in [3.8, 4) is 5.75 Å². The predicted octanol–water partition coefficient (Wildman–Crippen LogP) is 2.15. The topological polar surface area (TPSA) is 66.8 Å². The van der Waals surface area contributed by atoms with Crippen LogP contribution < -0.4 is 4.74 Å². The summed E-state index contributed by atoms with van der Waals surface area (Å²) in [6.07, 6.45) is 2.21. The highest BCUT2D eigenvalue weighted by Gasteiger charge is 2.31. The second-order valence-corrected chi connectivity index (χ2v) is 5.55. The zero-order valence-electron chi connectivity index (χ0n) is 12.5. The van der Waals surface area contributed by atoms with Crippen LogP contribution in [0.2, 0.25) is 0 Å². The Labute approximate surface area is 124 Å². The smallest absolute Gasteiger partial charge is 0.326 e. The number of ether oxygens (including phenoxy) is 1. The summed E-state index contributed by atoms with van der Waals surface area (Å²) >= 11 is 0. The Hall–Kier alpha value is -2.04. The SMILES string of the molecule is Cc1cc(C)cc(OCC(=O)N2CCCC[C@@H]2C(=O)O)c1. The Bertz CT molecular complexity index is 521. The van der Waals surface area contributed by atoms with Crippen LogP contribution in [0.3, 0.4) is 0 Å². The minimum absolute atomic E-state index is 0.118. The minimum atomic E-state index is -0.936. The molecule has 1 N–H and O–H groups in total. The second-order valence-electron chi connectivity index (χ2n) is 5.55. The van der Waals surface area contributed by atoms with Gasteiger partial charge in [0.1, 0.15) is 11.8 Å². The van der Waals surface area contributed by atoms with Crippen LogP contribution in [0.4, 0.5) is 0 Å². The fourth-order valence-electron chi connectivity index (χ4n) is 2.73. The van der Waals surface area contributed by atoms with Gasteiger partial charge >= 0.3 is 5.97 Å². The summed E-state index contributed by atoms with van der Waals surface area (Å²) in [5.74, 6) is -0.555. The van der Waals surface area contributed by atoms with Crippen LogP contribution in [0.25, 0.3) is 0 Å². The van der Waals surface area contributed by atoms with Gasteiger partial charge in [-0.15, -0.1) is 0 Å². The van der Waals surface area contributed by atoms with Crippen LogP contribution in [0.5, 0.6) is 5.75 Å². The molecular weight excluding hydrogens is 270 g/mol. The molecule has 21 heavy (non-hydrogen) atoms. The van der Waals surface area contributed by atoms with Gasteiger partial charge in [0.25, 0.3) is 5.91 Å². The Morgan fingerprint density at radius 2 is 1.90 bits per heavy atom. The molecule has 1 fully saturated rings. The lowest BCUT2D eigenvalue weighted by molar-refractivity contribution is -0.152. The summed E-state index contributed by atoms with van der Waals surface area (Å²) in [7, 11) is 0. The average Bonchev–Trinajstić information content (AvgIpc) is 2.43. The molecule has 0 bridgehead atoms. The van der Waals surface area contributed by atoms with Crippen LogP contribution in [0.15, 0.2) is 18.2 Å². The maximum absolute atomic E-state index is 12.2. The van der Waals surface area contributed by atoms with Gasteiger partial charge in [-0.25, -0.2) is 4.79 Å². The minimum Gasteiger partial charge on any atom is -0.484 e. The zero-order valence-corrected chi connectivity index (χ0v) is 12.5. The van der Waals surface area contributed by atoms with Gasteiger partial charge < -0.3 is 14.7 Å². The average molecular weight is 291 g/mol. The largest absolute Gasteiger partial charge is 0.484 e. The number of aryl methyl sites for hydroxylation is 2. The van der Waals surface area contributed by atoms with Gasteiger partial charge in [0.2, 0.25) is 0 Å². The number of rotatable bonds is 4. The molecular formula is C16H21NO4. The number of hydrogen-bond acceptors (Lipinski definition) is 3. The third kappa shape index (κ3) is 3.97. The van der Waals surface area contributed by atoms with Crippen molar-refractivity contribution in [3.05, 3.63) is 29.3 Å². The molecule has 0 aromatic heterocycles. The Morgan fingerprint density at radius 1 is 1.24 bits per heavy atom.